The Kier molecular flexibility index (Phi) is 8.61. The van der Waals surface area contributed by atoms with E-state index in [0.717, 1.165) is 25.1 Å². The summed E-state index contributed by atoms with van der Waals surface area (Å²) >= 11 is 0. The number of hydrogen-bond acceptors (Lipinski definition) is 12. The molecular weight excluding hydrogens is 547 g/mol. The molecule has 0 saturated carbocycles. The lowest BCUT2D eigenvalue weighted by molar-refractivity contribution is -0.129. The van der Waals surface area contributed by atoms with Gasteiger partial charge in [-0.3, -0.25) is 9.35 Å². The summed E-state index contributed by atoms with van der Waals surface area (Å²) in [6.07, 6.45) is 2.72. The second-order valence-corrected chi connectivity index (χ2v) is 10.9. The van der Waals surface area contributed by atoms with E-state index in [9.17, 15) is 17.6 Å². The number of nitrogens with zero attached hydrogens (tertiary/aromatic N) is 5. The Labute approximate surface area is 230 Å². The molecule has 0 unspecified atom stereocenters. The van der Waals surface area contributed by atoms with Crippen LogP contribution in [-0.4, -0.2) is 76.5 Å². The van der Waals surface area contributed by atoms with Gasteiger partial charge in [0, 0.05) is 13.1 Å². The van der Waals surface area contributed by atoms with Crippen LogP contribution in [0.3, 0.4) is 0 Å². The van der Waals surface area contributed by atoms with E-state index in [1.54, 1.807) is 32.2 Å². The SMILES string of the molecule is CC1(C)Oc2ccc(Nc3nc(Nc4ccc(N5CCOCC5)nc4)ncc3F)nc2NC1=O.CCS(=O)(=O)O. The normalized spacial score (nSPS) is 16.0. The van der Waals surface area contributed by atoms with Crippen molar-refractivity contribution in [3.63, 3.8) is 0 Å². The van der Waals surface area contributed by atoms with Crippen LogP contribution >= 0.6 is 0 Å². The highest BCUT2D eigenvalue weighted by molar-refractivity contribution is 7.85. The zero-order chi connectivity index (χ0) is 28.9. The van der Waals surface area contributed by atoms with Crippen molar-refractivity contribution in [2.75, 3.05) is 52.9 Å². The lowest BCUT2D eigenvalue weighted by Crippen LogP contribution is -2.46. The molecule has 3 aromatic rings. The molecule has 5 heterocycles. The molecule has 0 spiro atoms. The number of aromatic nitrogens is 4. The molecule has 14 nitrogen and oxygen atoms in total. The summed E-state index contributed by atoms with van der Waals surface area (Å²) in [4.78, 5) is 31.2. The van der Waals surface area contributed by atoms with Crippen LogP contribution in [-0.2, 0) is 19.6 Å². The molecule has 0 bridgehead atoms. The van der Waals surface area contributed by atoms with Crippen LogP contribution in [0.25, 0.3) is 0 Å². The molecule has 5 rings (SSSR count). The van der Waals surface area contributed by atoms with Crippen molar-refractivity contribution in [1.29, 1.82) is 0 Å². The molecule has 3 aromatic heterocycles. The van der Waals surface area contributed by atoms with Gasteiger partial charge in [0.1, 0.15) is 11.6 Å². The molecule has 0 aromatic carbocycles. The minimum Gasteiger partial charge on any atom is -0.474 e. The van der Waals surface area contributed by atoms with Gasteiger partial charge in [-0.2, -0.15) is 13.4 Å². The maximum Gasteiger partial charge on any atom is 0.269 e. The number of halogens is 1. The Morgan fingerprint density at radius 1 is 1.10 bits per heavy atom. The van der Waals surface area contributed by atoms with Crippen LogP contribution in [0.5, 0.6) is 5.75 Å². The first-order valence-electron chi connectivity index (χ1n) is 12.3. The predicted octanol–water partition coefficient (Wildman–Crippen LogP) is 2.73. The van der Waals surface area contributed by atoms with Crippen molar-refractivity contribution in [3.8, 4) is 5.75 Å². The van der Waals surface area contributed by atoms with Gasteiger partial charge in [-0.25, -0.2) is 19.3 Å². The summed E-state index contributed by atoms with van der Waals surface area (Å²) in [7, 11) is -3.66. The minimum atomic E-state index is -3.66. The maximum absolute atomic E-state index is 14.4. The van der Waals surface area contributed by atoms with Crippen LogP contribution in [0.2, 0.25) is 0 Å². The molecule has 1 amide bonds. The highest BCUT2D eigenvalue weighted by atomic mass is 32.2. The molecule has 40 heavy (non-hydrogen) atoms. The number of carbonyl (C=O) groups is 1. The van der Waals surface area contributed by atoms with Gasteiger partial charge in [0.2, 0.25) is 5.95 Å². The Balaban J connectivity index is 0.000000557. The van der Waals surface area contributed by atoms with Crippen LogP contribution < -0.4 is 25.6 Å². The number of morpholine rings is 1. The van der Waals surface area contributed by atoms with E-state index in [1.165, 1.54) is 6.92 Å². The van der Waals surface area contributed by atoms with Gasteiger partial charge in [-0.05, 0) is 45.0 Å². The third kappa shape index (κ3) is 7.49. The van der Waals surface area contributed by atoms with Crippen LogP contribution in [0, 0.1) is 5.82 Å². The van der Waals surface area contributed by atoms with E-state index in [0.29, 0.717) is 24.7 Å². The summed E-state index contributed by atoms with van der Waals surface area (Å²) in [6.45, 7) is 7.63. The molecule has 0 aliphatic carbocycles. The van der Waals surface area contributed by atoms with Crippen molar-refractivity contribution in [2.45, 2.75) is 26.4 Å². The number of amides is 1. The fourth-order valence-electron chi connectivity index (χ4n) is 3.47. The lowest BCUT2D eigenvalue weighted by atomic mass is 10.1. The van der Waals surface area contributed by atoms with E-state index < -0.39 is 21.5 Å². The third-order valence-electron chi connectivity index (χ3n) is 5.70. The number of ether oxygens (including phenoxy) is 2. The number of carbonyl (C=O) groups excluding carboxylic acids is 1. The molecule has 2 aliphatic rings. The highest BCUT2D eigenvalue weighted by Gasteiger charge is 2.36. The molecule has 1 saturated heterocycles. The number of pyridine rings is 2. The van der Waals surface area contributed by atoms with Crippen LogP contribution in [0.15, 0.2) is 36.7 Å². The van der Waals surface area contributed by atoms with Crippen molar-refractivity contribution in [2.24, 2.45) is 0 Å². The van der Waals surface area contributed by atoms with E-state index in [4.69, 9.17) is 14.0 Å². The van der Waals surface area contributed by atoms with E-state index in [2.05, 4.69) is 40.8 Å². The highest BCUT2D eigenvalue weighted by Crippen LogP contribution is 2.33. The van der Waals surface area contributed by atoms with E-state index in [1.807, 2.05) is 12.1 Å². The Bertz CT molecular complexity index is 1470. The molecule has 4 N–H and O–H groups in total. The second-order valence-electron chi connectivity index (χ2n) is 9.12. The summed E-state index contributed by atoms with van der Waals surface area (Å²) in [5, 5.41) is 8.53. The molecule has 0 atom stereocenters. The van der Waals surface area contributed by atoms with Crippen LogP contribution in [0.4, 0.5) is 39.3 Å². The first-order valence-corrected chi connectivity index (χ1v) is 13.9. The first-order chi connectivity index (χ1) is 18.9. The van der Waals surface area contributed by atoms with E-state index in [-0.39, 0.29) is 35.1 Å². The first kappa shape index (κ1) is 28.8. The average molecular weight is 577 g/mol. The topological polar surface area (TPSA) is 181 Å². The largest absolute Gasteiger partial charge is 0.474 e. The van der Waals surface area contributed by atoms with Gasteiger partial charge in [0.25, 0.3) is 16.0 Å². The van der Waals surface area contributed by atoms with Gasteiger partial charge in [0.05, 0.1) is 37.0 Å². The predicted molar refractivity (Wildman–Crippen MR) is 145 cm³/mol. The van der Waals surface area contributed by atoms with Crippen molar-refractivity contribution in [3.05, 3.63) is 42.5 Å². The van der Waals surface area contributed by atoms with Gasteiger partial charge < -0.3 is 30.3 Å². The number of anilines is 6. The van der Waals surface area contributed by atoms with Crippen molar-refractivity contribution < 1.29 is 31.6 Å². The average Bonchev–Trinajstić information content (AvgIpc) is 2.92. The number of nitrogens with one attached hydrogen (secondary N) is 3. The van der Waals surface area contributed by atoms with Gasteiger partial charge in [-0.15, -0.1) is 0 Å². The zero-order valence-corrected chi connectivity index (χ0v) is 22.8. The molecule has 16 heteroatoms. The number of fused-ring (bicyclic) bond motifs is 1. The number of hydrogen-bond donors (Lipinski definition) is 4. The molecule has 1 fully saturated rings. The molecular formula is C24H29FN8O6S. The monoisotopic (exact) mass is 576 g/mol. The van der Waals surface area contributed by atoms with Crippen molar-refractivity contribution >= 4 is 50.9 Å². The number of rotatable bonds is 6. The fraction of sp³-hybridized carbons (Fsp3) is 0.375. The Morgan fingerprint density at radius 2 is 1.82 bits per heavy atom. The second kappa shape index (κ2) is 11.9. The fourth-order valence-corrected chi connectivity index (χ4v) is 3.47. The summed E-state index contributed by atoms with van der Waals surface area (Å²) < 4.78 is 52.3. The minimum absolute atomic E-state index is 0.0776. The summed E-state index contributed by atoms with van der Waals surface area (Å²) in [5.41, 5.74) is -0.345. The quantitative estimate of drug-likeness (QED) is 0.315. The van der Waals surface area contributed by atoms with Crippen molar-refractivity contribution in [1.82, 2.24) is 19.9 Å². The molecule has 0 radical (unpaired) electrons. The molecule has 214 valence electrons. The summed E-state index contributed by atoms with van der Waals surface area (Å²) in [6, 6.07) is 7.00. The maximum atomic E-state index is 14.4. The standard InChI is InChI=1S/C22H23FN8O3.C2H6O3S/c1-22(2)20(32)29-19-15(34-22)4-5-16(28-19)27-18-14(23)12-25-21(30-18)26-13-3-6-17(24-11-13)31-7-9-33-10-8-31;1-2-6(3,4)5/h3-6,11-12H,7-10H2,1-2H3,(H3,25,26,27,28,29,30,32);2H2,1H3,(H,3,4,5). The molecule has 2 aliphatic heterocycles. The Morgan fingerprint density at radius 3 is 2.48 bits per heavy atom. The smallest absolute Gasteiger partial charge is 0.269 e. The Hall–Kier alpha value is -4.15. The lowest BCUT2D eigenvalue weighted by Gasteiger charge is -2.30. The third-order valence-corrected chi connectivity index (χ3v) is 6.43. The van der Waals surface area contributed by atoms with Gasteiger partial charge >= 0.3 is 0 Å². The van der Waals surface area contributed by atoms with E-state index >= 15 is 0 Å². The zero-order valence-electron chi connectivity index (χ0n) is 22.0. The van der Waals surface area contributed by atoms with Gasteiger partial charge in [0.15, 0.2) is 28.8 Å². The van der Waals surface area contributed by atoms with Gasteiger partial charge in [-0.1, -0.05) is 0 Å². The van der Waals surface area contributed by atoms with Crippen LogP contribution in [0.1, 0.15) is 20.8 Å². The summed E-state index contributed by atoms with van der Waals surface area (Å²) in [5.74, 6) is 0.726.